The number of pyridine rings is 1. The standard InChI is InChI=1S/C9H13N3O3S/c1-16(14,15)6-5-11-9(13)7-3-2-4-8(10)12-7/h2-4H,5-6H2,1H3,(H2,10,12)(H,11,13). The van der Waals surface area contributed by atoms with Gasteiger partial charge in [0.25, 0.3) is 5.91 Å². The molecule has 0 bridgehead atoms. The molecule has 0 saturated carbocycles. The Morgan fingerprint density at radius 3 is 2.75 bits per heavy atom. The number of nitrogens with one attached hydrogen (secondary N) is 1. The zero-order chi connectivity index (χ0) is 12.2. The van der Waals surface area contributed by atoms with E-state index in [9.17, 15) is 13.2 Å². The number of aromatic nitrogens is 1. The highest BCUT2D eigenvalue weighted by Gasteiger charge is 2.08. The van der Waals surface area contributed by atoms with Gasteiger partial charge in [0.05, 0.1) is 5.75 Å². The second-order valence-electron chi connectivity index (χ2n) is 3.33. The lowest BCUT2D eigenvalue weighted by atomic mass is 10.3. The average Bonchev–Trinajstić information content (AvgIpc) is 2.15. The topological polar surface area (TPSA) is 102 Å². The van der Waals surface area contributed by atoms with Gasteiger partial charge in [0.2, 0.25) is 0 Å². The van der Waals surface area contributed by atoms with E-state index in [0.717, 1.165) is 6.26 Å². The maximum atomic E-state index is 11.5. The number of nitrogen functional groups attached to an aromatic ring is 1. The predicted molar refractivity (Wildman–Crippen MR) is 60.7 cm³/mol. The molecule has 6 nitrogen and oxygen atoms in total. The summed E-state index contributed by atoms with van der Waals surface area (Å²) in [5, 5.41) is 2.45. The van der Waals surface area contributed by atoms with Gasteiger partial charge in [-0.25, -0.2) is 13.4 Å². The van der Waals surface area contributed by atoms with E-state index in [2.05, 4.69) is 10.3 Å². The summed E-state index contributed by atoms with van der Waals surface area (Å²) in [6.45, 7) is 0.0636. The molecule has 7 heteroatoms. The maximum absolute atomic E-state index is 11.5. The Morgan fingerprint density at radius 1 is 1.50 bits per heavy atom. The van der Waals surface area contributed by atoms with Gasteiger partial charge in [-0.3, -0.25) is 4.79 Å². The number of sulfone groups is 1. The minimum absolute atomic E-state index is 0.0636. The zero-order valence-corrected chi connectivity index (χ0v) is 9.62. The molecule has 0 aliphatic heterocycles. The third kappa shape index (κ3) is 4.26. The molecule has 1 amide bonds. The first-order chi connectivity index (χ1) is 7.38. The first-order valence-electron chi connectivity index (χ1n) is 4.57. The molecule has 0 saturated heterocycles. The molecule has 1 rings (SSSR count). The molecule has 0 spiro atoms. The normalized spacial score (nSPS) is 11.1. The molecule has 1 heterocycles. The van der Waals surface area contributed by atoms with Gasteiger partial charge in [0.1, 0.15) is 21.3 Å². The monoisotopic (exact) mass is 243 g/mol. The zero-order valence-electron chi connectivity index (χ0n) is 8.80. The third-order valence-corrected chi connectivity index (χ3v) is 2.71. The van der Waals surface area contributed by atoms with Crippen molar-refractivity contribution >= 4 is 21.6 Å². The highest BCUT2D eigenvalue weighted by molar-refractivity contribution is 7.90. The van der Waals surface area contributed by atoms with Gasteiger partial charge in [0.15, 0.2) is 0 Å². The number of anilines is 1. The number of nitrogens with two attached hydrogens (primary N) is 1. The summed E-state index contributed by atoms with van der Waals surface area (Å²) >= 11 is 0. The van der Waals surface area contributed by atoms with Crippen LogP contribution in [0.25, 0.3) is 0 Å². The van der Waals surface area contributed by atoms with E-state index < -0.39 is 15.7 Å². The van der Waals surface area contributed by atoms with Crippen LogP contribution in [0.5, 0.6) is 0 Å². The van der Waals surface area contributed by atoms with Crippen LogP contribution in [0, 0.1) is 0 Å². The van der Waals surface area contributed by atoms with Gasteiger partial charge in [-0.15, -0.1) is 0 Å². The van der Waals surface area contributed by atoms with Crippen molar-refractivity contribution in [1.82, 2.24) is 10.3 Å². The van der Waals surface area contributed by atoms with E-state index in [1.807, 2.05) is 0 Å². The Kier molecular flexibility index (Phi) is 3.83. The molecule has 0 radical (unpaired) electrons. The SMILES string of the molecule is CS(=O)(=O)CCNC(=O)c1cccc(N)n1. The summed E-state index contributed by atoms with van der Waals surface area (Å²) in [6.07, 6.45) is 1.11. The van der Waals surface area contributed by atoms with Gasteiger partial charge >= 0.3 is 0 Å². The Balaban J connectivity index is 2.54. The maximum Gasteiger partial charge on any atom is 0.269 e. The molecule has 0 atom stereocenters. The van der Waals surface area contributed by atoms with Crippen LogP contribution in [0.3, 0.4) is 0 Å². The minimum Gasteiger partial charge on any atom is -0.384 e. The van der Waals surface area contributed by atoms with Crippen molar-refractivity contribution in [2.45, 2.75) is 0 Å². The lowest BCUT2D eigenvalue weighted by Gasteiger charge is -2.03. The molecule has 0 unspecified atom stereocenters. The largest absolute Gasteiger partial charge is 0.384 e. The summed E-state index contributed by atoms with van der Waals surface area (Å²) in [7, 11) is -3.07. The second kappa shape index (κ2) is 4.93. The molecule has 88 valence electrons. The van der Waals surface area contributed by atoms with Crippen LogP contribution in [-0.4, -0.2) is 37.9 Å². The summed E-state index contributed by atoms with van der Waals surface area (Å²) in [5.41, 5.74) is 5.58. The number of carbonyl (C=O) groups excluding carboxylic acids is 1. The number of nitrogens with zero attached hydrogens (tertiary/aromatic N) is 1. The second-order valence-corrected chi connectivity index (χ2v) is 5.59. The molecule has 1 aromatic rings. The Morgan fingerprint density at radius 2 is 2.19 bits per heavy atom. The van der Waals surface area contributed by atoms with E-state index >= 15 is 0 Å². The average molecular weight is 243 g/mol. The predicted octanol–water partition coefficient (Wildman–Crippen LogP) is -0.562. The van der Waals surface area contributed by atoms with Gasteiger partial charge in [0, 0.05) is 12.8 Å². The smallest absolute Gasteiger partial charge is 0.269 e. The molecule has 1 aromatic heterocycles. The van der Waals surface area contributed by atoms with E-state index in [1.165, 1.54) is 6.07 Å². The fraction of sp³-hybridized carbons (Fsp3) is 0.333. The van der Waals surface area contributed by atoms with Crippen LogP contribution < -0.4 is 11.1 Å². The number of rotatable bonds is 4. The Bertz CT molecular complexity index is 485. The highest BCUT2D eigenvalue weighted by Crippen LogP contribution is 1.99. The van der Waals surface area contributed by atoms with Crippen molar-refractivity contribution in [1.29, 1.82) is 0 Å². The van der Waals surface area contributed by atoms with Gasteiger partial charge in [-0.1, -0.05) is 6.07 Å². The number of hydrogen-bond donors (Lipinski definition) is 2. The first-order valence-corrected chi connectivity index (χ1v) is 6.63. The number of amides is 1. The van der Waals surface area contributed by atoms with E-state index in [-0.39, 0.29) is 23.8 Å². The van der Waals surface area contributed by atoms with Crippen molar-refractivity contribution in [2.75, 3.05) is 24.3 Å². The van der Waals surface area contributed by atoms with Gasteiger partial charge in [-0.2, -0.15) is 0 Å². The highest BCUT2D eigenvalue weighted by atomic mass is 32.2. The molecule has 0 fully saturated rings. The van der Waals surface area contributed by atoms with Crippen LogP contribution in [0.1, 0.15) is 10.5 Å². The fourth-order valence-corrected chi connectivity index (χ4v) is 1.49. The Hall–Kier alpha value is -1.63. The van der Waals surface area contributed by atoms with Gasteiger partial charge in [-0.05, 0) is 12.1 Å². The van der Waals surface area contributed by atoms with Gasteiger partial charge < -0.3 is 11.1 Å². The molecule has 0 aliphatic rings. The van der Waals surface area contributed by atoms with Crippen molar-refractivity contribution in [3.63, 3.8) is 0 Å². The van der Waals surface area contributed by atoms with E-state index in [1.54, 1.807) is 12.1 Å². The van der Waals surface area contributed by atoms with Crippen LogP contribution in [0.2, 0.25) is 0 Å². The summed E-state index contributed by atoms with van der Waals surface area (Å²) in [4.78, 5) is 15.3. The lowest BCUT2D eigenvalue weighted by Crippen LogP contribution is -2.29. The molecule has 0 aliphatic carbocycles. The van der Waals surface area contributed by atoms with Crippen LogP contribution >= 0.6 is 0 Å². The number of hydrogen-bond acceptors (Lipinski definition) is 5. The quantitative estimate of drug-likeness (QED) is 0.738. The molecule has 0 aromatic carbocycles. The first kappa shape index (κ1) is 12.4. The molecule has 3 N–H and O–H groups in total. The third-order valence-electron chi connectivity index (χ3n) is 1.76. The lowest BCUT2D eigenvalue weighted by molar-refractivity contribution is 0.0951. The van der Waals surface area contributed by atoms with E-state index in [4.69, 9.17) is 5.73 Å². The van der Waals surface area contributed by atoms with Crippen LogP contribution in [-0.2, 0) is 9.84 Å². The van der Waals surface area contributed by atoms with Crippen LogP contribution in [0.4, 0.5) is 5.82 Å². The summed E-state index contributed by atoms with van der Waals surface area (Å²) in [6, 6.07) is 4.67. The Labute approximate surface area is 93.8 Å². The molecular formula is C9H13N3O3S. The minimum atomic E-state index is -3.07. The van der Waals surface area contributed by atoms with Crippen molar-refractivity contribution < 1.29 is 13.2 Å². The summed E-state index contributed by atoms with van der Waals surface area (Å²) < 4.78 is 21.6. The molecular weight excluding hydrogens is 230 g/mol. The van der Waals surface area contributed by atoms with Crippen LogP contribution in [0.15, 0.2) is 18.2 Å². The number of carbonyl (C=O) groups is 1. The fourth-order valence-electron chi connectivity index (χ4n) is 1.02. The van der Waals surface area contributed by atoms with Crippen molar-refractivity contribution in [3.8, 4) is 0 Å². The van der Waals surface area contributed by atoms with E-state index in [0.29, 0.717) is 0 Å². The summed E-state index contributed by atoms with van der Waals surface area (Å²) in [5.74, 6) is -0.284. The van der Waals surface area contributed by atoms with Crippen molar-refractivity contribution in [3.05, 3.63) is 23.9 Å². The van der Waals surface area contributed by atoms with Crippen molar-refractivity contribution in [2.24, 2.45) is 0 Å². The molecule has 16 heavy (non-hydrogen) atoms.